The summed E-state index contributed by atoms with van der Waals surface area (Å²) in [5.74, 6) is 0.152. The number of sulfonamides is 4. The van der Waals surface area contributed by atoms with Gasteiger partial charge in [0.2, 0.25) is 46.0 Å². The molecule has 129 heavy (non-hydrogen) atoms. The molecule has 0 saturated heterocycles. The van der Waals surface area contributed by atoms with Gasteiger partial charge >= 0.3 is 24.4 Å². The molecule has 53 heteroatoms. The fraction of sp³-hybridized carbons (Fsp3) is 0.316. The van der Waals surface area contributed by atoms with Crippen molar-refractivity contribution in [2.24, 2.45) is 28.2 Å². The maximum absolute atomic E-state index is 14.0. The molecule has 0 saturated carbocycles. The van der Waals surface area contributed by atoms with E-state index in [4.69, 9.17) is 30.5 Å². The molecular formula is C76H87BrClF3N28O16S4. The molecule has 0 spiro atoms. The number of halogens is 5. The first-order chi connectivity index (χ1) is 60.3. The predicted molar refractivity (Wildman–Crippen MR) is 473 cm³/mol. The molecule has 0 aliphatic carbocycles. The molecule has 0 fully saturated rings. The predicted octanol–water partition coefficient (Wildman–Crippen LogP) is 12.5. The number of aryl methyl sites for hydroxylation is 11. The Morgan fingerprint density at radius 3 is 1.03 bits per heavy atom. The SMILES string of the molecule is Cc1cc([C@@H](C)OC(=O)Nc2c(-c3ccc(NS(C)(=O)=O)c(C)n3)nnn2C)c(Cl)cn1.Cc1cnc(Br)c(C(C)OC(=O)Nc2c(-c3ccc(NS(C)(=O)=O)c(C)n3)nnn2C)c1.Cc1cnc(F)c([C@@H](C)OC(=O)Nc2c(-c3ccc(NS(C)(=O)=O)c(C)n3)nnn2C)c1.Cc1nc(-c2nnn(C)c2NC(=O)OC(C)c2cccnc2C(F)F)ccc1NS(C)(=O)=O. The highest BCUT2D eigenvalue weighted by Gasteiger charge is 2.29. The van der Waals surface area contributed by atoms with Gasteiger partial charge in [0.15, 0.2) is 46.0 Å². The Kier molecular flexibility index (Phi) is 32.2. The van der Waals surface area contributed by atoms with E-state index in [-0.39, 0.29) is 45.8 Å². The summed E-state index contributed by atoms with van der Waals surface area (Å²) < 4.78 is 169. The van der Waals surface area contributed by atoms with Gasteiger partial charge in [0.1, 0.15) is 34.7 Å². The van der Waals surface area contributed by atoms with E-state index in [1.54, 1.807) is 112 Å². The minimum Gasteiger partial charge on any atom is -0.441 e. The molecule has 4 amide bonds. The van der Waals surface area contributed by atoms with E-state index < -0.39 is 107 Å². The summed E-state index contributed by atoms with van der Waals surface area (Å²) in [5.41, 5.74) is 9.00. The van der Waals surface area contributed by atoms with Gasteiger partial charge in [0.05, 0.1) is 98.3 Å². The lowest BCUT2D eigenvalue weighted by atomic mass is 10.1. The van der Waals surface area contributed by atoms with Crippen molar-refractivity contribution in [3.05, 3.63) is 187 Å². The van der Waals surface area contributed by atoms with Crippen molar-refractivity contribution >= 4 is 138 Å². The van der Waals surface area contributed by atoms with Crippen LogP contribution in [0.3, 0.4) is 0 Å². The van der Waals surface area contributed by atoms with Gasteiger partial charge < -0.3 is 18.9 Å². The Morgan fingerprint density at radius 1 is 0.411 bits per heavy atom. The Bertz CT molecular complexity index is 6230. The third kappa shape index (κ3) is 27.7. The maximum Gasteiger partial charge on any atom is 0.413 e. The van der Waals surface area contributed by atoms with Crippen molar-refractivity contribution in [1.82, 2.24) is 99.8 Å². The summed E-state index contributed by atoms with van der Waals surface area (Å²) >= 11 is 9.53. The van der Waals surface area contributed by atoms with Gasteiger partial charge in [0, 0.05) is 80.9 Å². The number of nitrogens with zero attached hydrogens (tertiary/aromatic N) is 20. The first kappa shape index (κ1) is 99.2. The molecule has 0 bridgehead atoms. The number of amides is 4. The molecule has 12 aromatic heterocycles. The highest BCUT2D eigenvalue weighted by molar-refractivity contribution is 9.10. The number of pyridine rings is 8. The second kappa shape index (κ2) is 41.9. The minimum atomic E-state index is -3.49. The fourth-order valence-electron chi connectivity index (χ4n) is 11.6. The summed E-state index contributed by atoms with van der Waals surface area (Å²) in [6.45, 7) is 18.4. The van der Waals surface area contributed by atoms with Gasteiger partial charge in [0.25, 0.3) is 6.43 Å². The van der Waals surface area contributed by atoms with Crippen molar-refractivity contribution in [3.63, 3.8) is 0 Å². The monoisotopic (exact) mass is 1950 g/mol. The van der Waals surface area contributed by atoms with Crippen molar-refractivity contribution in [3.8, 4) is 45.6 Å². The van der Waals surface area contributed by atoms with Crippen LogP contribution in [0.4, 0.5) is 78.4 Å². The molecule has 12 aromatic rings. The van der Waals surface area contributed by atoms with E-state index >= 15 is 0 Å². The minimum absolute atomic E-state index is 0.0808. The molecule has 2 unspecified atom stereocenters. The number of carbonyl (C=O) groups excluding carboxylic acids is 4. The highest BCUT2D eigenvalue weighted by atomic mass is 79.9. The standard InChI is InChI=1S/C19H22BrN7O4S.C19H22ClN7O4S.C19H21F2N7O4S.C19H22FN7O4S/c1-10-8-13(17(20)21-9-10)12(3)31-19(28)23-18-16(24-26-27(18)4)15-7-6-14(11(2)22-15)25-32(5,29)30;1-10-8-13(14(20)9-21-10)12(3)31-19(28)23-18-17(24-26-27(18)4)16-7-6-15(11(2)22-16)25-32(5,29)30;1-10-13(26-33(4,30)31)7-8-14(23-10)16-18(28(3)27-25-16)24-19(29)32-11(2)12-6-5-9-22-15(12)17(20)21;1-10-8-13(17(20)21-9-10)12(3)31-19(28)23-18-16(24-26-27(18)4)15-7-6-14(11(2)22-15)25-32(5,29)30/h2*6-9,12,25H,1-5H3,(H,23,28);5-9,11,17,26H,1-4H3,(H,24,29);6-9,12,25H,1-5H3,(H,23,28)/t;12-;;12-/m.1.1/s1. The van der Waals surface area contributed by atoms with Crippen LogP contribution in [0, 0.1) is 54.4 Å². The summed E-state index contributed by atoms with van der Waals surface area (Å²) in [7, 11) is -7.53. The third-order valence-corrected chi connectivity index (χ3v) is 21.0. The first-order valence-electron chi connectivity index (χ1n) is 37.7. The number of anilines is 8. The highest BCUT2D eigenvalue weighted by Crippen LogP contribution is 2.36. The first-order valence-corrected chi connectivity index (χ1v) is 46.4. The van der Waals surface area contributed by atoms with Crippen LogP contribution in [0.15, 0.2) is 108 Å². The molecule has 0 aliphatic heterocycles. The van der Waals surface area contributed by atoms with Crippen LogP contribution >= 0.6 is 27.5 Å². The van der Waals surface area contributed by atoms with E-state index in [0.717, 1.165) is 47.4 Å². The molecule has 0 radical (unpaired) electrons. The number of carbonyl (C=O) groups is 4. The lowest BCUT2D eigenvalue weighted by Crippen LogP contribution is -2.19. The summed E-state index contributed by atoms with van der Waals surface area (Å²) in [6, 6.07) is 20.4. The van der Waals surface area contributed by atoms with Crippen LogP contribution < -0.4 is 40.2 Å². The molecule has 12 heterocycles. The van der Waals surface area contributed by atoms with Gasteiger partial charge in [-0.05, 0) is 176 Å². The smallest absolute Gasteiger partial charge is 0.413 e. The number of rotatable bonds is 25. The van der Waals surface area contributed by atoms with Crippen LogP contribution in [0.1, 0.15) is 126 Å². The molecule has 8 N–H and O–H groups in total. The topological polar surface area (TPSA) is 564 Å². The number of hydrogen-bond donors (Lipinski definition) is 8. The molecule has 4 atom stereocenters. The van der Waals surface area contributed by atoms with Crippen molar-refractivity contribution in [2.45, 2.75) is 107 Å². The van der Waals surface area contributed by atoms with Gasteiger partial charge in [-0.15, -0.1) is 20.4 Å². The van der Waals surface area contributed by atoms with Crippen LogP contribution in [0.5, 0.6) is 0 Å². The lowest BCUT2D eigenvalue weighted by molar-refractivity contribution is 0.110. The average Bonchev–Trinajstić information content (AvgIpc) is 1.71. The second-order valence-electron chi connectivity index (χ2n) is 28.6. The van der Waals surface area contributed by atoms with Gasteiger partial charge in [-0.25, -0.2) is 110 Å². The van der Waals surface area contributed by atoms with Crippen LogP contribution in [0.2, 0.25) is 5.02 Å². The van der Waals surface area contributed by atoms with Crippen molar-refractivity contribution in [2.75, 3.05) is 65.2 Å². The van der Waals surface area contributed by atoms with Crippen LogP contribution in [-0.2, 0) is 87.2 Å². The van der Waals surface area contributed by atoms with Crippen LogP contribution in [0.25, 0.3) is 45.6 Å². The van der Waals surface area contributed by atoms with E-state index in [0.29, 0.717) is 94.9 Å². The number of aromatic nitrogens is 20. The van der Waals surface area contributed by atoms with E-state index in [9.17, 15) is 66.0 Å². The molecular weight excluding hydrogens is 1860 g/mol. The normalized spacial score (nSPS) is 12.3. The Balaban J connectivity index is 0.000000194. The molecule has 12 rings (SSSR count). The lowest BCUT2D eigenvalue weighted by Gasteiger charge is -2.17. The van der Waals surface area contributed by atoms with E-state index in [1.165, 1.54) is 94.6 Å². The molecule has 686 valence electrons. The van der Waals surface area contributed by atoms with Crippen molar-refractivity contribution in [1.29, 1.82) is 0 Å². The number of hydrogen-bond acceptors (Lipinski definition) is 32. The number of alkyl halides is 2. The summed E-state index contributed by atoms with van der Waals surface area (Å²) in [6.07, 6.45) is 0.865. The largest absolute Gasteiger partial charge is 0.441 e. The molecule has 44 nitrogen and oxygen atoms in total. The van der Waals surface area contributed by atoms with Gasteiger partial charge in [-0.2, -0.15) is 4.39 Å². The van der Waals surface area contributed by atoms with Crippen molar-refractivity contribution < 1.29 is 85.0 Å². The Morgan fingerprint density at radius 2 is 0.713 bits per heavy atom. The quantitative estimate of drug-likeness (QED) is 0.0195. The zero-order chi connectivity index (χ0) is 95.2. The van der Waals surface area contributed by atoms with Crippen LogP contribution in [-0.4, -0.2) is 183 Å². The molecule has 0 aliphatic rings. The fourth-order valence-corrected chi connectivity index (χ4v) is 14.9. The zero-order valence-corrected chi connectivity index (χ0v) is 77.8. The second-order valence-corrected chi connectivity index (χ2v) is 36.7. The number of nitrogens with one attached hydrogen (secondary N) is 8. The third-order valence-electron chi connectivity index (χ3n) is 17.7. The molecule has 0 aromatic carbocycles. The summed E-state index contributed by atoms with van der Waals surface area (Å²) in [5, 5.41) is 42.5. The number of ether oxygens (including phenoxy) is 4. The van der Waals surface area contributed by atoms with E-state index in [1.807, 2.05) is 19.9 Å². The average molecular weight is 1950 g/mol. The van der Waals surface area contributed by atoms with Gasteiger partial charge in [-0.3, -0.25) is 50.1 Å². The van der Waals surface area contributed by atoms with Gasteiger partial charge in [-0.1, -0.05) is 38.5 Å². The Hall–Kier alpha value is -13.6. The Labute approximate surface area is 750 Å². The maximum atomic E-state index is 14.0. The zero-order valence-electron chi connectivity index (χ0n) is 72.2. The van der Waals surface area contributed by atoms with E-state index in [2.05, 4.69) is 137 Å². The summed E-state index contributed by atoms with van der Waals surface area (Å²) in [4.78, 5) is 83.1.